The second-order valence-electron chi connectivity index (χ2n) is 5.21. The molecule has 0 atom stereocenters. The van der Waals surface area contributed by atoms with Crippen LogP contribution in [-0.4, -0.2) is 33.2 Å². The molecule has 0 fully saturated rings. The van der Waals surface area contributed by atoms with Crippen molar-refractivity contribution in [2.45, 2.75) is 6.42 Å². The summed E-state index contributed by atoms with van der Waals surface area (Å²) in [7, 11) is 3.95. The Morgan fingerprint density at radius 2 is 1.73 bits per heavy atom. The number of carbonyl (C=O) groups excluding carboxylic acids is 1. The van der Waals surface area contributed by atoms with Crippen molar-refractivity contribution in [3.8, 4) is 5.75 Å². The third-order valence-corrected chi connectivity index (χ3v) is 3.26. The number of anilines is 1. The quantitative estimate of drug-likeness (QED) is 0.799. The fourth-order valence-electron chi connectivity index (χ4n) is 1.99. The third-order valence-electron chi connectivity index (χ3n) is 3.26. The summed E-state index contributed by atoms with van der Waals surface area (Å²) in [6, 6.07) is 17.2. The van der Waals surface area contributed by atoms with Gasteiger partial charge >= 0.3 is 0 Å². The number of benzene rings is 2. The molecular formula is C18H22N2O2. The lowest BCUT2D eigenvalue weighted by Crippen LogP contribution is -2.25. The molecule has 0 heterocycles. The van der Waals surface area contributed by atoms with Crippen molar-refractivity contribution in [2.24, 2.45) is 0 Å². The number of hydrogen-bond donors (Lipinski definition) is 1. The van der Waals surface area contributed by atoms with Crippen molar-refractivity contribution >= 4 is 11.6 Å². The first-order chi connectivity index (χ1) is 10.7. The highest BCUT2D eigenvalue weighted by molar-refractivity contribution is 5.94. The molecule has 2 aromatic rings. The van der Waals surface area contributed by atoms with E-state index in [1.165, 1.54) is 0 Å². The SMILES string of the molecule is CN(C)c1ccc(C(=O)NCCCOc2ccccc2)cc1. The molecule has 2 rings (SSSR count). The highest BCUT2D eigenvalue weighted by atomic mass is 16.5. The smallest absolute Gasteiger partial charge is 0.251 e. The minimum atomic E-state index is -0.0509. The van der Waals surface area contributed by atoms with Crippen LogP contribution >= 0.6 is 0 Å². The fourth-order valence-corrected chi connectivity index (χ4v) is 1.99. The predicted molar refractivity (Wildman–Crippen MR) is 89.7 cm³/mol. The van der Waals surface area contributed by atoms with Gasteiger partial charge < -0.3 is 15.0 Å². The van der Waals surface area contributed by atoms with E-state index in [4.69, 9.17) is 4.74 Å². The Bertz CT molecular complexity index is 580. The van der Waals surface area contributed by atoms with Crippen molar-refractivity contribution in [3.05, 3.63) is 60.2 Å². The summed E-state index contributed by atoms with van der Waals surface area (Å²) in [6.45, 7) is 1.19. The van der Waals surface area contributed by atoms with Gasteiger partial charge in [0.05, 0.1) is 6.61 Å². The molecule has 0 saturated carbocycles. The number of nitrogens with zero attached hydrogens (tertiary/aromatic N) is 1. The first-order valence-corrected chi connectivity index (χ1v) is 7.40. The summed E-state index contributed by atoms with van der Waals surface area (Å²) in [5, 5.41) is 2.90. The summed E-state index contributed by atoms with van der Waals surface area (Å²) >= 11 is 0. The van der Waals surface area contributed by atoms with Crippen LogP contribution in [0.4, 0.5) is 5.69 Å². The maximum absolute atomic E-state index is 12.0. The van der Waals surface area contributed by atoms with Crippen LogP contribution in [0.15, 0.2) is 54.6 Å². The fraction of sp³-hybridized carbons (Fsp3) is 0.278. The molecule has 0 saturated heterocycles. The summed E-state index contributed by atoms with van der Waals surface area (Å²) in [5.74, 6) is 0.804. The van der Waals surface area contributed by atoms with Gasteiger partial charge in [-0.15, -0.1) is 0 Å². The number of amides is 1. The Morgan fingerprint density at radius 1 is 1.05 bits per heavy atom. The van der Waals surface area contributed by atoms with Crippen molar-refractivity contribution < 1.29 is 9.53 Å². The number of carbonyl (C=O) groups is 1. The monoisotopic (exact) mass is 298 g/mol. The Balaban J connectivity index is 1.69. The average Bonchev–Trinajstić information content (AvgIpc) is 2.55. The molecule has 1 N–H and O–H groups in total. The standard InChI is InChI=1S/C18H22N2O2/c1-20(2)16-11-9-15(10-12-16)18(21)19-13-6-14-22-17-7-4-3-5-8-17/h3-5,7-12H,6,13-14H2,1-2H3,(H,19,21). The second kappa shape index (κ2) is 8.08. The molecule has 116 valence electrons. The van der Waals surface area contributed by atoms with Gasteiger partial charge in [0.15, 0.2) is 0 Å². The van der Waals surface area contributed by atoms with E-state index in [9.17, 15) is 4.79 Å². The van der Waals surface area contributed by atoms with E-state index in [-0.39, 0.29) is 5.91 Å². The van der Waals surface area contributed by atoms with Crippen LogP contribution in [0, 0.1) is 0 Å². The molecule has 4 heteroatoms. The predicted octanol–water partition coefficient (Wildman–Crippen LogP) is 2.95. The molecule has 1 amide bonds. The number of hydrogen-bond acceptors (Lipinski definition) is 3. The minimum absolute atomic E-state index is 0.0509. The molecule has 0 aliphatic rings. The van der Waals surface area contributed by atoms with Gasteiger partial charge in [-0.3, -0.25) is 4.79 Å². The van der Waals surface area contributed by atoms with Crippen molar-refractivity contribution in [1.29, 1.82) is 0 Å². The van der Waals surface area contributed by atoms with Gasteiger partial charge in [0.1, 0.15) is 5.75 Å². The van der Waals surface area contributed by atoms with Gasteiger partial charge in [0.25, 0.3) is 5.91 Å². The minimum Gasteiger partial charge on any atom is -0.494 e. The number of rotatable bonds is 7. The first kappa shape index (κ1) is 15.9. The van der Waals surface area contributed by atoms with Crippen LogP contribution in [0.2, 0.25) is 0 Å². The summed E-state index contributed by atoms with van der Waals surface area (Å²) in [6.07, 6.45) is 0.774. The average molecular weight is 298 g/mol. The van der Waals surface area contributed by atoms with E-state index in [0.717, 1.165) is 17.9 Å². The van der Waals surface area contributed by atoms with E-state index in [2.05, 4.69) is 5.32 Å². The number of nitrogens with one attached hydrogen (secondary N) is 1. The molecular weight excluding hydrogens is 276 g/mol. The van der Waals surface area contributed by atoms with Crippen molar-refractivity contribution in [2.75, 3.05) is 32.1 Å². The summed E-state index contributed by atoms with van der Waals surface area (Å²) in [5.41, 5.74) is 1.75. The maximum Gasteiger partial charge on any atom is 0.251 e. The molecule has 0 aliphatic carbocycles. The van der Waals surface area contributed by atoms with Crippen LogP contribution in [0.25, 0.3) is 0 Å². The first-order valence-electron chi connectivity index (χ1n) is 7.40. The van der Waals surface area contributed by atoms with Crippen LogP contribution in [0.3, 0.4) is 0 Å². The van der Waals surface area contributed by atoms with Crippen molar-refractivity contribution in [3.63, 3.8) is 0 Å². The van der Waals surface area contributed by atoms with E-state index in [1.807, 2.05) is 73.6 Å². The molecule has 0 bridgehead atoms. The van der Waals surface area contributed by atoms with Gasteiger partial charge in [-0.2, -0.15) is 0 Å². The lowest BCUT2D eigenvalue weighted by atomic mass is 10.2. The van der Waals surface area contributed by atoms with Gasteiger partial charge in [-0.05, 0) is 42.8 Å². The number of ether oxygens (including phenoxy) is 1. The lowest BCUT2D eigenvalue weighted by Gasteiger charge is -2.12. The molecule has 0 aromatic heterocycles. The van der Waals surface area contributed by atoms with Crippen molar-refractivity contribution in [1.82, 2.24) is 5.32 Å². The zero-order valence-electron chi connectivity index (χ0n) is 13.1. The lowest BCUT2D eigenvalue weighted by molar-refractivity contribution is 0.0951. The van der Waals surface area contributed by atoms with E-state index < -0.39 is 0 Å². The van der Waals surface area contributed by atoms with Crippen LogP contribution < -0.4 is 15.0 Å². The Hall–Kier alpha value is -2.49. The van der Waals surface area contributed by atoms with Gasteiger partial charge in [-0.25, -0.2) is 0 Å². The zero-order chi connectivity index (χ0) is 15.8. The van der Waals surface area contributed by atoms with Gasteiger partial charge in [0.2, 0.25) is 0 Å². The topological polar surface area (TPSA) is 41.6 Å². The van der Waals surface area contributed by atoms with Crippen LogP contribution in [0.5, 0.6) is 5.75 Å². The van der Waals surface area contributed by atoms with Crippen LogP contribution in [0.1, 0.15) is 16.8 Å². The molecule has 2 aromatic carbocycles. The van der Waals surface area contributed by atoms with E-state index in [0.29, 0.717) is 18.7 Å². The molecule has 0 aliphatic heterocycles. The Labute approximate surface area is 131 Å². The molecule has 0 radical (unpaired) electrons. The van der Waals surface area contributed by atoms with Gasteiger partial charge in [0, 0.05) is 31.9 Å². The van der Waals surface area contributed by atoms with Crippen LogP contribution in [-0.2, 0) is 0 Å². The summed E-state index contributed by atoms with van der Waals surface area (Å²) < 4.78 is 5.58. The molecule has 4 nitrogen and oxygen atoms in total. The third kappa shape index (κ3) is 4.81. The molecule has 22 heavy (non-hydrogen) atoms. The summed E-state index contributed by atoms with van der Waals surface area (Å²) in [4.78, 5) is 14.0. The maximum atomic E-state index is 12.0. The normalized spacial score (nSPS) is 10.1. The number of para-hydroxylation sites is 1. The molecule has 0 unspecified atom stereocenters. The highest BCUT2D eigenvalue weighted by Gasteiger charge is 2.05. The van der Waals surface area contributed by atoms with Gasteiger partial charge in [-0.1, -0.05) is 18.2 Å². The van der Waals surface area contributed by atoms with E-state index in [1.54, 1.807) is 0 Å². The molecule has 0 spiro atoms. The Kier molecular flexibility index (Phi) is 5.83. The zero-order valence-corrected chi connectivity index (χ0v) is 13.1. The second-order valence-corrected chi connectivity index (χ2v) is 5.21. The largest absolute Gasteiger partial charge is 0.494 e. The highest BCUT2D eigenvalue weighted by Crippen LogP contribution is 2.12. The Morgan fingerprint density at radius 3 is 2.36 bits per heavy atom. The van der Waals surface area contributed by atoms with E-state index >= 15 is 0 Å².